The zero-order chi connectivity index (χ0) is 19.6. The van der Waals surface area contributed by atoms with Gasteiger partial charge in [0.05, 0.1) is 11.3 Å². The fraction of sp³-hybridized carbons (Fsp3) is 0.913. The quantitative estimate of drug-likeness (QED) is 0.653. The minimum absolute atomic E-state index is 0.241. The summed E-state index contributed by atoms with van der Waals surface area (Å²) in [4.78, 5) is 24.1. The summed E-state index contributed by atoms with van der Waals surface area (Å²) in [5.41, 5.74) is -0.692. The van der Waals surface area contributed by atoms with Crippen molar-refractivity contribution in [1.82, 2.24) is 0 Å². The molecule has 154 valence electrons. The van der Waals surface area contributed by atoms with Crippen LogP contribution in [0.2, 0.25) is 0 Å². The van der Waals surface area contributed by atoms with E-state index in [1.54, 1.807) is 0 Å². The minimum Gasteiger partial charge on any atom is -0.481 e. The predicted octanol–water partition coefficient (Wildman–Crippen LogP) is 5.60. The molecule has 4 heteroatoms. The highest BCUT2D eigenvalue weighted by atomic mass is 16.4. The molecule has 4 nitrogen and oxygen atoms in total. The van der Waals surface area contributed by atoms with Crippen molar-refractivity contribution in [3.05, 3.63) is 0 Å². The number of carboxylic acids is 2. The van der Waals surface area contributed by atoms with Crippen LogP contribution in [-0.4, -0.2) is 22.2 Å². The molecule has 3 aliphatic rings. The topological polar surface area (TPSA) is 74.6 Å². The van der Waals surface area contributed by atoms with Crippen LogP contribution in [-0.2, 0) is 9.59 Å². The molecule has 27 heavy (non-hydrogen) atoms. The van der Waals surface area contributed by atoms with Gasteiger partial charge < -0.3 is 10.2 Å². The highest BCUT2D eigenvalue weighted by Crippen LogP contribution is 2.56. The Morgan fingerprint density at radius 1 is 0.741 bits per heavy atom. The van der Waals surface area contributed by atoms with E-state index in [1.807, 2.05) is 0 Å². The molecule has 0 unspecified atom stereocenters. The number of hydrogen-bond donors (Lipinski definition) is 2. The third kappa shape index (κ3) is 4.35. The summed E-state index contributed by atoms with van der Waals surface area (Å²) >= 11 is 0. The molecule has 0 heterocycles. The number of carboxylic acid groups (broad SMARTS) is 2. The molecule has 0 atom stereocenters. The van der Waals surface area contributed by atoms with Crippen LogP contribution in [0.4, 0.5) is 0 Å². The van der Waals surface area contributed by atoms with Gasteiger partial charge in [-0.15, -0.1) is 0 Å². The molecule has 0 saturated heterocycles. The number of aliphatic carboxylic acids is 2. The van der Waals surface area contributed by atoms with Gasteiger partial charge in [-0.2, -0.15) is 0 Å². The largest absolute Gasteiger partial charge is 0.481 e. The Balaban J connectivity index is 1.86. The monoisotopic (exact) mass is 378 g/mol. The molecule has 2 N–H and O–H groups in total. The average molecular weight is 379 g/mol. The van der Waals surface area contributed by atoms with Crippen molar-refractivity contribution in [1.29, 1.82) is 0 Å². The van der Waals surface area contributed by atoms with Gasteiger partial charge in [0, 0.05) is 0 Å². The van der Waals surface area contributed by atoms with Crippen molar-refractivity contribution in [2.45, 2.75) is 90.9 Å². The molecule has 0 aromatic carbocycles. The summed E-state index contributed by atoms with van der Waals surface area (Å²) in [7, 11) is 0. The zero-order valence-corrected chi connectivity index (χ0v) is 17.2. The molecule has 3 fully saturated rings. The smallest absolute Gasteiger partial charge is 0.309 e. The standard InChI is InChI=1S/C23H38O4/c1-15-3-7-17(8-4-15)20(18-9-5-16(2)6-10-18)23(22(26)27)13-11-19(12-14-23)21(24)25/h15-20H,3-14H2,1-2H3,(H,24,25)(H,26,27). The van der Waals surface area contributed by atoms with Gasteiger partial charge in [-0.25, -0.2) is 0 Å². The summed E-state index contributed by atoms with van der Waals surface area (Å²) in [5.74, 6) is 1.04. The van der Waals surface area contributed by atoms with Gasteiger partial charge in [0.25, 0.3) is 0 Å². The number of hydrogen-bond acceptors (Lipinski definition) is 2. The fourth-order valence-corrected chi connectivity index (χ4v) is 6.65. The van der Waals surface area contributed by atoms with Crippen LogP contribution in [0.1, 0.15) is 90.9 Å². The van der Waals surface area contributed by atoms with Gasteiger partial charge in [0.2, 0.25) is 0 Å². The van der Waals surface area contributed by atoms with Crippen molar-refractivity contribution in [3.8, 4) is 0 Å². The van der Waals surface area contributed by atoms with Gasteiger partial charge in [-0.05, 0) is 81.0 Å². The molecular weight excluding hydrogens is 340 g/mol. The van der Waals surface area contributed by atoms with Crippen LogP contribution in [0.5, 0.6) is 0 Å². The van der Waals surface area contributed by atoms with E-state index in [0.717, 1.165) is 37.5 Å². The molecule has 0 radical (unpaired) electrons. The lowest BCUT2D eigenvalue weighted by molar-refractivity contribution is -0.165. The molecule has 3 aliphatic carbocycles. The Morgan fingerprint density at radius 2 is 1.15 bits per heavy atom. The van der Waals surface area contributed by atoms with Gasteiger partial charge in [0.1, 0.15) is 0 Å². The van der Waals surface area contributed by atoms with Crippen molar-refractivity contribution < 1.29 is 19.8 Å². The fourth-order valence-electron chi connectivity index (χ4n) is 6.65. The van der Waals surface area contributed by atoms with Gasteiger partial charge in [0.15, 0.2) is 0 Å². The highest BCUT2D eigenvalue weighted by molar-refractivity contribution is 5.76. The summed E-state index contributed by atoms with van der Waals surface area (Å²) < 4.78 is 0. The Kier molecular flexibility index (Phi) is 6.53. The molecule has 0 amide bonds. The first-order valence-corrected chi connectivity index (χ1v) is 11.3. The maximum atomic E-state index is 12.7. The first kappa shape index (κ1) is 20.7. The Morgan fingerprint density at radius 3 is 1.48 bits per heavy atom. The first-order valence-electron chi connectivity index (χ1n) is 11.3. The molecule has 0 aromatic heterocycles. The Hall–Kier alpha value is -1.06. The third-order valence-corrected chi connectivity index (χ3v) is 8.43. The summed E-state index contributed by atoms with van der Waals surface area (Å²) in [6.07, 6.45) is 11.7. The van der Waals surface area contributed by atoms with E-state index in [1.165, 1.54) is 25.7 Å². The predicted molar refractivity (Wildman–Crippen MR) is 105 cm³/mol. The van der Waals surface area contributed by atoms with Crippen molar-refractivity contribution in [2.24, 2.45) is 40.9 Å². The first-order chi connectivity index (χ1) is 12.8. The maximum Gasteiger partial charge on any atom is 0.309 e. The Labute approximate surface area is 164 Å². The molecule has 0 bridgehead atoms. The van der Waals surface area contributed by atoms with Crippen LogP contribution >= 0.6 is 0 Å². The van der Waals surface area contributed by atoms with Crippen molar-refractivity contribution in [2.75, 3.05) is 0 Å². The number of rotatable bonds is 5. The minimum atomic E-state index is -0.747. The van der Waals surface area contributed by atoms with Crippen LogP contribution in [0.15, 0.2) is 0 Å². The normalized spacial score (nSPS) is 41.6. The van der Waals surface area contributed by atoms with Gasteiger partial charge in [-0.3, -0.25) is 9.59 Å². The van der Waals surface area contributed by atoms with Crippen LogP contribution in [0.25, 0.3) is 0 Å². The van der Waals surface area contributed by atoms with E-state index in [9.17, 15) is 19.8 Å². The molecule has 0 spiro atoms. The van der Waals surface area contributed by atoms with Crippen molar-refractivity contribution in [3.63, 3.8) is 0 Å². The lowest BCUT2D eigenvalue weighted by Crippen LogP contribution is -2.49. The lowest BCUT2D eigenvalue weighted by atomic mass is 9.53. The second-order valence-electron chi connectivity index (χ2n) is 10.1. The average Bonchev–Trinajstić information content (AvgIpc) is 2.65. The third-order valence-electron chi connectivity index (χ3n) is 8.43. The van der Waals surface area contributed by atoms with E-state index in [0.29, 0.717) is 37.5 Å². The van der Waals surface area contributed by atoms with E-state index in [-0.39, 0.29) is 11.8 Å². The van der Waals surface area contributed by atoms with E-state index in [2.05, 4.69) is 13.8 Å². The molecule has 0 aromatic rings. The lowest BCUT2D eigenvalue weighted by Gasteiger charge is -2.51. The Bertz CT molecular complexity index is 496. The molecule has 3 saturated carbocycles. The molecule has 3 rings (SSSR count). The molecular formula is C23H38O4. The summed E-state index contributed by atoms with van der Waals surface area (Å²) in [6.45, 7) is 4.64. The van der Waals surface area contributed by atoms with Crippen LogP contribution < -0.4 is 0 Å². The van der Waals surface area contributed by atoms with Crippen LogP contribution in [0, 0.1) is 40.9 Å². The second-order valence-corrected chi connectivity index (χ2v) is 10.1. The second kappa shape index (κ2) is 8.53. The van der Waals surface area contributed by atoms with E-state index >= 15 is 0 Å². The van der Waals surface area contributed by atoms with E-state index < -0.39 is 17.4 Å². The zero-order valence-electron chi connectivity index (χ0n) is 17.2. The van der Waals surface area contributed by atoms with Crippen molar-refractivity contribution >= 4 is 11.9 Å². The van der Waals surface area contributed by atoms with Gasteiger partial charge in [-0.1, -0.05) is 39.5 Å². The number of carbonyl (C=O) groups is 2. The summed E-state index contributed by atoms with van der Waals surface area (Å²) in [6, 6.07) is 0. The SMILES string of the molecule is CC1CCC(C(C2CCC(C)CC2)C2(C(=O)O)CCC(C(=O)O)CC2)CC1. The van der Waals surface area contributed by atoms with Gasteiger partial charge >= 0.3 is 11.9 Å². The molecule has 0 aliphatic heterocycles. The summed E-state index contributed by atoms with van der Waals surface area (Å²) in [5, 5.41) is 19.8. The van der Waals surface area contributed by atoms with E-state index in [4.69, 9.17) is 0 Å². The van der Waals surface area contributed by atoms with Crippen LogP contribution in [0.3, 0.4) is 0 Å². The highest BCUT2D eigenvalue weighted by Gasteiger charge is 2.54. The maximum absolute atomic E-state index is 12.7.